The van der Waals surface area contributed by atoms with E-state index in [0.29, 0.717) is 29.4 Å². The van der Waals surface area contributed by atoms with E-state index in [4.69, 9.17) is 9.47 Å². The average molecular weight is 377 g/mol. The summed E-state index contributed by atoms with van der Waals surface area (Å²) < 4.78 is 10.5. The highest BCUT2D eigenvalue weighted by Gasteiger charge is 2.12. The number of hydrogen-bond acceptors (Lipinski definition) is 5. The van der Waals surface area contributed by atoms with Gasteiger partial charge in [-0.05, 0) is 36.8 Å². The third kappa shape index (κ3) is 4.79. The number of nitrogens with one attached hydrogen (secondary N) is 2. The molecule has 144 valence electrons. The first-order valence-electron chi connectivity index (χ1n) is 8.88. The molecule has 2 aromatic carbocycles. The lowest BCUT2D eigenvalue weighted by molar-refractivity contribution is 0.102. The van der Waals surface area contributed by atoms with Crippen molar-refractivity contribution in [3.8, 4) is 11.5 Å². The minimum atomic E-state index is -0.312. The van der Waals surface area contributed by atoms with Crippen LogP contribution in [0.1, 0.15) is 21.6 Å². The third-order valence-corrected chi connectivity index (χ3v) is 4.27. The summed E-state index contributed by atoms with van der Waals surface area (Å²) in [6.45, 7) is 2.75. The lowest BCUT2D eigenvalue weighted by atomic mass is 10.1. The van der Waals surface area contributed by atoms with Crippen LogP contribution in [0, 0.1) is 6.92 Å². The first kappa shape index (κ1) is 19.2. The largest absolute Gasteiger partial charge is 0.497 e. The van der Waals surface area contributed by atoms with Crippen molar-refractivity contribution in [1.29, 1.82) is 0 Å². The van der Waals surface area contributed by atoms with Crippen LogP contribution in [0.3, 0.4) is 0 Å². The number of aromatic nitrogens is 1. The average Bonchev–Trinajstić information content (AvgIpc) is 2.74. The van der Waals surface area contributed by atoms with E-state index in [1.165, 1.54) is 18.2 Å². The zero-order valence-corrected chi connectivity index (χ0v) is 16.2. The van der Waals surface area contributed by atoms with Crippen LogP contribution >= 0.6 is 0 Å². The topological polar surface area (TPSA) is 72.5 Å². The van der Waals surface area contributed by atoms with E-state index in [0.717, 1.165) is 5.69 Å². The van der Waals surface area contributed by atoms with Gasteiger partial charge in [-0.3, -0.25) is 4.79 Å². The number of pyridine rings is 1. The molecule has 0 atom stereocenters. The quantitative estimate of drug-likeness (QED) is 0.643. The monoisotopic (exact) mass is 377 g/mol. The molecule has 0 spiro atoms. The van der Waals surface area contributed by atoms with Crippen LogP contribution in [0.2, 0.25) is 0 Å². The van der Waals surface area contributed by atoms with Gasteiger partial charge < -0.3 is 20.1 Å². The van der Waals surface area contributed by atoms with E-state index in [2.05, 4.69) is 46.8 Å². The van der Waals surface area contributed by atoms with Gasteiger partial charge in [0.15, 0.2) is 0 Å². The Hall–Kier alpha value is -3.54. The molecule has 3 rings (SSSR count). The minimum Gasteiger partial charge on any atom is -0.497 e. The van der Waals surface area contributed by atoms with Crippen LogP contribution in [0.5, 0.6) is 11.5 Å². The standard InChI is InChI=1S/C22H23N3O3/c1-15-4-6-16(7-5-15)13-23-17-8-10-20(24-14-17)22(26)25-19-11-9-18(27-2)12-21(19)28-3/h4-12,14,23H,13H2,1-3H3,(H,25,26). The number of nitrogens with zero attached hydrogens (tertiary/aromatic N) is 1. The molecule has 2 N–H and O–H groups in total. The van der Waals surface area contributed by atoms with E-state index in [1.807, 2.05) is 6.07 Å². The third-order valence-electron chi connectivity index (χ3n) is 4.27. The number of anilines is 2. The van der Waals surface area contributed by atoms with Gasteiger partial charge in [0.25, 0.3) is 5.91 Å². The van der Waals surface area contributed by atoms with Crippen molar-refractivity contribution in [2.45, 2.75) is 13.5 Å². The molecular formula is C22H23N3O3. The van der Waals surface area contributed by atoms with Crippen molar-refractivity contribution in [1.82, 2.24) is 4.98 Å². The molecular weight excluding hydrogens is 354 g/mol. The van der Waals surface area contributed by atoms with Gasteiger partial charge in [-0.2, -0.15) is 0 Å². The Labute approximate surface area is 164 Å². The first-order chi connectivity index (χ1) is 13.6. The maximum atomic E-state index is 12.5. The van der Waals surface area contributed by atoms with Crippen molar-refractivity contribution in [2.75, 3.05) is 24.9 Å². The predicted molar refractivity (Wildman–Crippen MR) is 110 cm³/mol. The lowest BCUT2D eigenvalue weighted by Gasteiger charge is -2.12. The fraction of sp³-hybridized carbons (Fsp3) is 0.182. The van der Waals surface area contributed by atoms with Crippen LogP contribution in [0.15, 0.2) is 60.8 Å². The summed E-state index contributed by atoms with van der Waals surface area (Å²) in [7, 11) is 3.11. The van der Waals surface area contributed by atoms with Crippen LogP contribution in [-0.2, 0) is 6.54 Å². The number of aryl methyl sites for hydroxylation is 1. The van der Waals surface area contributed by atoms with Gasteiger partial charge in [0, 0.05) is 12.6 Å². The van der Waals surface area contributed by atoms with Crippen LogP contribution in [0.4, 0.5) is 11.4 Å². The first-order valence-corrected chi connectivity index (χ1v) is 8.88. The van der Waals surface area contributed by atoms with Crippen molar-refractivity contribution < 1.29 is 14.3 Å². The number of hydrogen-bond donors (Lipinski definition) is 2. The van der Waals surface area contributed by atoms with Crippen LogP contribution in [-0.4, -0.2) is 25.1 Å². The summed E-state index contributed by atoms with van der Waals surface area (Å²) in [5.74, 6) is 0.856. The summed E-state index contributed by atoms with van der Waals surface area (Å²) in [6, 6.07) is 17.0. The van der Waals surface area contributed by atoms with Gasteiger partial charge in [-0.1, -0.05) is 29.8 Å². The number of carbonyl (C=O) groups is 1. The Balaban J connectivity index is 1.62. The molecule has 0 saturated heterocycles. The SMILES string of the molecule is COc1ccc(NC(=O)c2ccc(NCc3ccc(C)cc3)cn2)c(OC)c1. The molecule has 1 heterocycles. The zero-order chi connectivity index (χ0) is 19.9. The maximum absolute atomic E-state index is 12.5. The number of methoxy groups -OCH3 is 2. The van der Waals surface area contributed by atoms with Crippen molar-refractivity contribution >= 4 is 17.3 Å². The van der Waals surface area contributed by atoms with Gasteiger partial charge in [0.05, 0.1) is 31.8 Å². The maximum Gasteiger partial charge on any atom is 0.274 e. The molecule has 0 radical (unpaired) electrons. The van der Waals surface area contributed by atoms with E-state index in [9.17, 15) is 4.79 Å². The molecule has 3 aromatic rings. The molecule has 1 amide bonds. The zero-order valence-electron chi connectivity index (χ0n) is 16.2. The molecule has 0 bridgehead atoms. The fourth-order valence-corrected chi connectivity index (χ4v) is 2.63. The normalized spacial score (nSPS) is 10.2. The minimum absolute atomic E-state index is 0.312. The highest BCUT2D eigenvalue weighted by Crippen LogP contribution is 2.29. The van der Waals surface area contributed by atoms with E-state index in [-0.39, 0.29) is 5.91 Å². The lowest BCUT2D eigenvalue weighted by Crippen LogP contribution is -2.14. The van der Waals surface area contributed by atoms with Gasteiger partial charge in [0.1, 0.15) is 17.2 Å². The highest BCUT2D eigenvalue weighted by atomic mass is 16.5. The summed E-state index contributed by atoms with van der Waals surface area (Å²) in [5.41, 5.74) is 4.13. The molecule has 0 aliphatic rings. The summed E-state index contributed by atoms with van der Waals surface area (Å²) >= 11 is 0. The van der Waals surface area contributed by atoms with Gasteiger partial charge in [0.2, 0.25) is 0 Å². The molecule has 0 saturated carbocycles. The molecule has 28 heavy (non-hydrogen) atoms. The summed E-state index contributed by atoms with van der Waals surface area (Å²) in [5, 5.41) is 6.11. The molecule has 0 aliphatic carbocycles. The van der Waals surface area contributed by atoms with Gasteiger partial charge >= 0.3 is 0 Å². The number of rotatable bonds is 7. The molecule has 0 fully saturated rings. The van der Waals surface area contributed by atoms with Gasteiger partial charge in [-0.25, -0.2) is 4.98 Å². The number of carbonyl (C=O) groups excluding carboxylic acids is 1. The number of ether oxygens (including phenoxy) is 2. The smallest absolute Gasteiger partial charge is 0.274 e. The molecule has 6 heteroatoms. The van der Waals surface area contributed by atoms with E-state index >= 15 is 0 Å². The Morgan fingerprint density at radius 1 is 1.00 bits per heavy atom. The molecule has 0 unspecified atom stereocenters. The highest BCUT2D eigenvalue weighted by molar-refractivity contribution is 6.03. The second-order valence-corrected chi connectivity index (χ2v) is 6.29. The van der Waals surface area contributed by atoms with E-state index in [1.54, 1.807) is 37.6 Å². The van der Waals surface area contributed by atoms with Crippen LogP contribution < -0.4 is 20.1 Å². The second kappa shape index (κ2) is 8.90. The Morgan fingerprint density at radius 2 is 1.79 bits per heavy atom. The number of amides is 1. The van der Waals surface area contributed by atoms with Crippen LogP contribution in [0.25, 0.3) is 0 Å². The summed E-state index contributed by atoms with van der Waals surface area (Å²) in [4.78, 5) is 16.7. The summed E-state index contributed by atoms with van der Waals surface area (Å²) in [6.07, 6.45) is 1.65. The van der Waals surface area contributed by atoms with E-state index < -0.39 is 0 Å². The van der Waals surface area contributed by atoms with Crippen molar-refractivity contribution in [2.24, 2.45) is 0 Å². The Bertz CT molecular complexity index is 938. The molecule has 1 aromatic heterocycles. The Kier molecular flexibility index (Phi) is 6.11. The fourth-order valence-electron chi connectivity index (χ4n) is 2.63. The molecule has 0 aliphatic heterocycles. The predicted octanol–water partition coefficient (Wildman–Crippen LogP) is 4.27. The molecule has 6 nitrogen and oxygen atoms in total. The second-order valence-electron chi connectivity index (χ2n) is 6.29. The van der Waals surface area contributed by atoms with Crippen molar-refractivity contribution in [3.05, 3.63) is 77.6 Å². The van der Waals surface area contributed by atoms with Gasteiger partial charge in [-0.15, -0.1) is 0 Å². The van der Waals surface area contributed by atoms with Crippen molar-refractivity contribution in [3.63, 3.8) is 0 Å². The number of benzene rings is 2. The Morgan fingerprint density at radius 3 is 2.43 bits per heavy atom.